The third kappa shape index (κ3) is 5.64. The number of aromatic nitrogens is 3. The Labute approximate surface area is 216 Å². The summed E-state index contributed by atoms with van der Waals surface area (Å²) in [6.07, 6.45) is 3.44. The van der Waals surface area contributed by atoms with Gasteiger partial charge in [0.1, 0.15) is 16.4 Å². The van der Waals surface area contributed by atoms with Crippen molar-refractivity contribution in [2.75, 3.05) is 10.6 Å². The number of benzene rings is 2. The molecule has 0 saturated heterocycles. The molecule has 2 heterocycles. The zero-order valence-corrected chi connectivity index (χ0v) is 20.6. The van der Waals surface area contributed by atoms with Crippen molar-refractivity contribution in [1.82, 2.24) is 15.0 Å². The molecule has 2 aromatic heterocycles. The second-order valence-corrected chi connectivity index (χ2v) is 8.31. The summed E-state index contributed by atoms with van der Waals surface area (Å²) in [6.45, 7) is 4.00. The van der Waals surface area contributed by atoms with E-state index in [0.29, 0.717) is 24.0 Å². The number of rotatable bonds is 6. The van der Waals surface area contributed by atoms with E-state index in [0.717, 1.165) is 6.07 Å². The lowest BCUT2D eigenvalue weighted by Gasteiger charge is -2.16. The van der Waals surface area contributed by atoms with Gasteiger partial charge in [0.15, 0.2) is 28.5 Å². The Morgan fingerprint density at radius 2 is 1.57 bits per heavy atom. The summed E-state index contributed by atoms with van der Waals surface area (Å²) in [4.78, 5) is 37.7. The van der Waals surface area contributed by atoms with Gasteiger partial charge in [-0.2, -0.15) is 0 Å². The number of fused-ring (bicyclic) bond motifs is 1. The van der Waals surface area contributed by atoms with Gasteiger partial charge < -0.3 is 15.4 Å². The SMILES string of the molecule is CC.O=C(Nc1ccc(F)cc1)C1(C(=O)Nc2ccc(Oc3ccnc4nc(Cl)cnc34)c(F)c2)CC1. The number of pyridine rings is 1. The highest BCUT2D eigenvalue weighted by atomic mass is 35.5. The summed E-state index contributed by atoms with van der Waals surface area (Å²) in [5, 5.41) is 5.37. The van der Waals surface area contributed by atoms with Gasteiger partial charge in [0.05, 0.1) is 6.20 Å². The van der Waals surface area contributed by atoms with Crippen LogP contribution < -0.4 is 15.4 Å². The molecule has 0 atom stereocenters. The first-order valence-corrected chi connectivity index (χ1v) is 11.8. The molecule has 5 rings (SSSR count). The number of nitrogens with one attached hydrogen (secondary N) is 2. The zero-order valence-electron chi connectivity index (χ0n) is 19.9. The van der Waals surface area contributed by atoms with Gasteiger partial charge in [0, 0.05) is 29.7 Å². The van der Waals surface area contributed by atoms with Crippen LogP contribution in [0.2, 0.25) is 5.15 Å². The number of hydrogen-bond donors (Lipinski definition) is 2. The number of hydrogen-bond acceptors (Lipinski definition) is 6. The second-order valence-electron chi connectivity index (χ2n) is 7.92. The van der Waals surface area contributed by atoms with Gasteiger partial charge in [-0.1, -0.05) is 25.4 Å². The predicted octanol–water partition coefficient (Wildman–Crippen LogP) is 6.13. The summed E-state index contributed by atoms with van der Waals surface area (Å²) < 4.78 is 33.5. The molecule has 0 spiro atoms. The number of carbonyl (C=O) groups is 2. The van der Waals surface area contributed by atoms with Crippen molar-refractivity contribution in [3.8, 4) is 11.5 Å². The largest absolute Gasteiger partial charge is 0.452 e. The lowest BCUT2D eigenvalue weighted by Crippen LogP contribution is -2.35. The topological polar surface area (TPSA) is 106 Å². The highest BCUT2D eigenvalue weighted by Crippen LogP contribution is 2.47. The minimum Gasteiger partial charge on any atom is -0.452 e. The minimum absolute atomic E-state index is 0.109. The Morgan fingerprint density at radius 1 is 0.919 bits per heavy atom. The Bertz CT molecular complexity index is 1460. The van der Waals surface area contributed by atoms with E-state index in [9.17, 15) is 18.4 Å². The van der Waals surface area contributed by atoms with Crippen LogP contribution in [-0.2, 0) is 9.59 Å². The zero-order chi connectivity index (χ0) is 26.6. The number of carbonyl (C=O) groups excluding carboxylic acids is 2. The molecule has 190 valence electrons. The third-order valence-electron chi connectivity index (χ3n) is 5.51. The molecule has 0 unspecified atom stereocenters. The van der Waals surface area contributed by atoms with Crippen molar-refractivity contribution in [1.29, 1.82) is 0 Å². The van der Waals surface area contributed by atoms with E-state index in [4.69, 9.17) is 16.3 Å². The molecule has 1 saturated carbocycles. The van der Waals surface area contributed by atoms with Crippen LogP contribution in [0.25, 0.3) is 11.2 Å². The standard InChI is InChI=1S/C24H16ClF2N5O3.C2H6/c25-19-12-29-20-18(7-10-28-21(20)32-19)35-17-6-5-15(11-16(17)27)31-23(34)24(8-9-24)22(33)30-14-3-1-13(26)2-4-14;1-2/h1-7,10-12H,8-9H2,(H,30,33)(H,31,34);1-2H3. The van der Waals surface area contributed by atoms with Crippen molar-refractivity contribution < 1.29 is 23.1 Å². The van der Waals surface area contributed by atoms with Crippen LogP contribution >= 0.6 is 11.6 Å². The summed E-state index contributed by atoms with van der Waals surface area (Å²) >= 11 is 5.83. The fourth-order valence-electron chi connectivity index (χ4n) is 3.46. The van der Waals surface area contributed by atoms with Crippen LogP contribution in [-0.4, -0.2) is 26.8 Å². The molecule has 0 radical (unpaired) electrons. The van der Waals surface area contributed by atoms with Gasteiger partial charge in [0.2, 0.25) is 11.8 Å². The first-order valence-electron chi connectivity index (χ1n) is 11.5. The Balaban J connectivity index is 0.00000156. The van der Waals surface area contributed by atoms with E-state index in [1.54, 1.807) is 0 Å². The quantitative estimate of drug-likeness (QED) is 0.293. The predicted molar refractivity (Wildman–Crippen MR) is 135 cm³/mol. The van der Waals surface area contributed by atoms with Crippen molar-refractivity contribution in [2.24, 2.45) is 5.41 Å². The molecule has 1 aliphatic carbocycles. The average Bonchev–Trinajstić information content (AvgIpc) is 3.71. The molecule has 4 aromatic rings. The first kappa shape index (κ1) is 25.9. The second kappa shape index (κ2) is 10.8. The summed E-state index contributed by atoms with van der Waals surface area (Å²) in [7, 11) is 0. The van der Waals surface area contributed by atoms with E-state index >= 15 is 0 Å². The number of ether oxygens (including phenoxy) is 1. The molecule has 37 heavy (non-hydrogen) atoms. The third-order valence-corrected chi connectivity index (χ3v) is 5.69. The Hall–Kier alpha value is -4.18. The lowest BCUT2D eigenvalue weighted by molar-refractivity contribution is -0.131. The minimum atomic E-state index is -1.27. The molecular weight excluding hydrogens is 504 g/mol. The summed E-state index contributed by atoms with van der Waals surface area (Å²) in [5.74, 6) is -2.13. The fraction of sp³-hybridized carbons (Fsp3) is 0.192. The van der Waals surface area contributed by atoms with Gasteiger partial charge in [-0.3, -0.25) is 9.59 Å². The molecular formula is C26H22ClF2N5O3. The molecule has 0 bridgehead atoms. The maximum Gasteiger partial charge on any atom is 0.240 e. The van der Waals surface area contributed by atoms with Crippen LogP contribution in [0.4, 0.5) is 20.2 Å². The molecule has 1 fully saturated rings. The van der Waals surface area contributed by atoms with Crippen molar-refractivity contribution >= 4 is 46.0 Å². The van der Waals surface area contributed by atoms with Crippen LogP contribution in [0.5, 0.6) is 11.5 Å². The van der Waals surface area contributed by atoms with Gasteiger partial charge in [-0.25, -0.2) is 23.7 Å². The van der Waals surface area contributed by atoms with Crippen LogP contribution in [0.1, 0.15) is 26.7 Å². The lowest BCUT2D eigenvalue weighted by atomic mass is 10.0. The van der Waals surface area contributed by atoms with Crippen molar-refractivity contribution in [2.45, 2.75) is 26.7 Å². The van der Waals surface area contributed by atoms with Gasteiger partial charge >= 0.3 is 0 Å². The Morgan fingerprint density at radius 3 is 2.22 bits per heavy atom. The summed E-state index contributed by atoms with van der Waals surface area (Å²) in [6, 6.07) is 10.6. The smallest absolute Gasteiger partial charge is 0.240 e. The number of anilines is 2. The van der Waals surface area contributed by atoms with E-state index in [-0.39, 0.29) is 28.0 Å². The molecule has 2 N–H and O–H groups in total. The molecule has 8 nitrogen and oxygen atoms in total. The van der Waals surface area contributed by atoms with Gasteiger partial charge in [-0.15, -0.1) is 0 Å². The normalized spacial score (nSPS) is 13.2. The number of amides is 2. The fourth-order valence-corrected chi connectivity index (χ4v) is 3.58. The maximum atomic E-state index is 14.8. The van der Waals surface area contributed by atoms with E-state index in [1.165, 1.54) is 54.9 Å². The monoisotopic (exact) mass is 525 g/mol. The van der Waals surface area contributed by atoms with Crippen molar-refractivity contribution in [3.63, 3.8) is 0 Å². The van der Waals surface area contributed by atoms with Crippen molar-refractivity contribution in [3.05, 3.63) is 77.7 Å². The van der Waals surface area contributed by atoms with E-state index < -0.39 is 28.9 Å². The van der Waals surface area contributed by atoms with Crippen LogP contribution in [0, 0.1) is 17.0 Å². The Kier molecular flexibility index (Phi) is 7.58. The van der Waals surface area contributed by atoms with E-state index in [2.05, 4.69) is 25.6 Å². The highest BCUT2D eigenvalue weighted by molar-refractivity contribution is 6.29. The highest BCUT2D eigenvalue weighted by Gasteiger charge is 2.56. The molecule has 1 aliphatic rings. The maximum absolute atomic E-state index is 14.8. The van der Waals surface area contributed by atoms with E-state index in [1.807, 2.05) is 13.8 Å². The molecule has 2 amide bonds. The van der Waals surface area contributed by atoms with Gasteiger partial charge in [-0.05, 0) is 49.2 Å². The average molecular weight is 526 g/mol. The summed E-state index contributed by atoms with van der Waals surface area (Å²) in [5.41, 5.74) is -0.189. The molecule has 2 aromatic carbocycles. The number of nitrogens with zero attached hydrogens (tertiary/aromatic N) is 3. The molecule has 11 heteroatoms. The molecule has 0 aliphatic heterocycles. The number of halogens is 3. The van der Waals surface area contributed by atoms with Gasteiger partial charge in [0.25, 0.3) is 0 Å². The first-order chi connectivity index (χ1) is 17.8. The van der Waals surface area contributed by atoms with Crippen LogP contribution in [0.15, 0.2) is 60.9 Å². The van der Waals surface area contributed by atoms with Crippen LogP contribution in [0.3, 0.4) is 0 Å².